The van der Waals surface area contributed by atoms with Crippen LogP contribution >= 0.6 is 11.8 Å². The summed E-state index contributed by atoms with van der Waals surface area (Å²) < 4.78 is 0. The zero-order valence-electron chi connectivity index (χ0n) is 10.5. The molecule has 4 heteroatoms. The van der Waals surface area contributed by atoms with Crippen LogP contribution in [0.25, 0.3) is 0 Å². The maximum Gasteiger partial charge on any atom is 0.234 e. The van der Waals surface area contributed by atoms with E-state index in [1.807, 2.05) is 25.1 Å². The van der Waals surface area contributed by atoms with Crippen LogP contribution in [0.3, 0.4) is 0 Å². The standard InChI is InChI=1S/C13H20N2OS/c1-3-4-8-17-9-13(16)15-12-7-5-6-11(14)10(12)2/h5-7H,3-4,8-9,14H2,1-2H3,(H,15,16). The molecule has 1 aromatic rings. The van der Waals surface area contributed by atoms with Gasteiger partial charge >= 0.3 is 0 Å². The molecule has 0 heterocycles. The Bertz CT molecular complexity index is 380. The summed E-state index contributed by atoms with van der Waals surface area (Å²) in [6, 6.07) is 5.56. The van der Waals surface area contributed by atoms with Crippen LogP contribution in [0.1, 0.15) is 25.3 Å². The Morgan fingerprint density at radius 3 is 2.94 bits per heavy atom. The monoisotopic (exact) mass is 252 g/mol. The van der Waals surface area contributed by atoms with Crippen molar-refractivity contribution in [1.82, 2.24) is 0 Å². The summed E-state index contributed by atoms with van der Waals surface area (Å²) >= 11 is 1.67. The van der Waals surface area contributed by atoms with Gasteiger partial charge in [0, 0.05) is 11.4 Å². The summed E-state index contributed by atoms with van der Waals surface area (Å²) in [5.41, 5.74) is 8.23. The minimum absolute atomic E-state index is 0.0415. The van der Waals surface area contributed by atoms with Gasteiger partial charge in [0.1, 0.15) is 0 Å². The number of anilines is 2. The van der Waals surface area contributed by atoms with Crippen molar-refractivity contribution in [3.05, 3.63) is 23.8 Å². The van der Waals surface area contributed by atoms with E-state index in [1.54, 1.807) is 11.8 Å². The number of carbonyl (C=O) groups is 1. The molecule has 0 bridgehead atoms. The first-order chi connectivity index (χ1) is 8.15. The van der Waals surface area contributed by atoms with Gasteiger partial charge in [0.15, 0.2) is 0 Å². The van der Waals surface area contributed by atoms with Gasteiger partial charge in [-0.25, -0.2) is 0 Å². The van der Waals surface area contributed by atoms with Gasteiger partial charge in [-0.15, -0.1) is 0 Å². The Morgan fingerprint density at radius 2 is 2.24 bits per heavy atom. The molecule has 0 radical (unpaired) electrons. The van der Waals surface area contributed by atoms with Crippen LogP contribution < -0.4 is 11.1 Å². The molecule has 1 rings (SSSR count). The second-order valence-corrected chi connectivity index (χ2v) is 5.08. The van der Waals surface area contributed by atoms with E-state index in [-0.39, 0.29) is 5.91 Å². The van der Waals surface area contributed by atoms with E-state index in [1.165, 1.54) is 6.42 Å². The Hall–Kier alpha value is -1.16. The average Bonchev–Trinajstić information content (AvgIpc) is 2.31. The minimum Gasteiger partial charge on any atom is -0.398 e. The van der Waals surface area contributed by atoms with E-state index in [0.29, 0.717) is 11.4 Å². The van der Waals surface area contributed by atoms with Crippen molar-refractivity contribution < 1.29 is 4.79 Å². The molecule has 0 unspecified atom stereocenters. The predicted octanol–water partition coefficient (Wildman–Crippen LogP) is 3.05. The number of rotatable bonds is 6. The molecule has 1 aromatic carbocycles. The van der Waals surface area contributed by atoms with Crippen LogP contribution in [-0.2, 0) is 4.79 Å². The molecule has 3 N–H and O–H groups in total. The molecule has 94 valence electrons. The first kappa shape index (κ1) is 13.9. The molecule has 0 aliphatic heterocycles. The van der Waals surface area contributed by atoms with E-state index in [0.717, 1.165) is 23.4 Å². The molecular weight excluding hydrogens is 232 g/mol. The smallest absolute Gasteiger partial charge is 0.234 e. The van der Waals surface area contributed by atoms with Crippen LogP contribution in [0.4, 0.5) is 11.4 Å². The number of hydrogen-bond acceptors (Lipinski definition) is 3. The lowest BCUT2D eigenvalue weighted by atomic mass is 10.1. The van der Waals surface area contributed by atoms with Crippen LogP contribution in [0.15, 0.2) is 18.2 Å². The summed E-state index contributed by atoms with van der Waals surface area (Å²) in [5.74, 6) is 1.59. The van der Waals surface area contributed by atoms with E-state index in [9.17, 15) is 4.79 Å². The molecule has 3 nitrogen and oxygen atoms in total. The molecule has 0 saturated carbocycles. The Kier molecular flexibility index (Phi) is 5.91. The lowest BCUT2D eigenvalue weighted by Crippen LogP contribution is -2.15. The molecular formula is C13H20N2OS. The zero-order valence-corrected chi connectivity index (χ0v) is 11.3. The number of carbonyl (C=O) groups excluding carboxylic acids is 1. The highest BCUT2D eigenvalue weighted by molar-refractivity contribution is 7.99. The highest BCUT2D eigenvalue weighted by Crippen LogP contribution is 2.20. The number of benzene rings is 1. The van der Waals surface area contributed by atoms with Crippen molar-refractivity contribution in [3.63, 3.8) is 0 Å². The third-order valence-electron chi connectivity index (χ3n) is 2.53. The van der Waals surface area contributed by atoms with Gasteiger partial charge in [0.05, 0.1) is 5.75 Å². The normalized spacial score (nSPS) is 10.2. The molecule has 0 aliphatic rings. The highest BCUT2D eigenvalue weighted by Gasteiger charge is 2.05. The fourth-order valence-electron chi connectivity index (χ4n) is 1.39. The van der Waals surface area contributed by atoms with Gasteiger partial charge in [0.2, 0.25) is 5.91 Å². The minimum atomic E-state index is 0.0415. The van der Waals surface area contributed by atoms with E-state index >= 15 is 0 Å². The Morgan fingerprint density at radius 1 is 1.47 bits per heavy atom. The number of amides is 1. The molecule has 0 aromatic heterocycles. The van der Waals surface area contributed by atoms with Crippen molar-refractivity contribution in [2.24, 2.45) is 0 Å². The molecule has 0 aliphatic carbocycles. The van der Waals surface area contributed by atoms with Crippen LogP contribution in [-0.4, -0.2) is 17.4 Å². The largest absolute Gasteiger partial charge is 0.398 e. The molecule has 0 fully saturated rings. The van der Waals surface area contributed by atoms with Gasteiger partial charge in [-0.3, -0.25) is 4.79 Å². The number of nitrogens with two attached hydrogens (primary N) is 1. The number of nitrogens with one attached hydrogen (secondary N) is 1. The number of unbranched alkanes of at least 4 members (excludes halogenated alkanes) is 1. The van der Waals surface area contributed by atoms with Crippen LogP contribution in [0, 0.1) is 6.92 Å². The van der Waals surface area contributed by atoms with E-state index in [2.05, 4.69) is 12.2 Å². The molecule has 17 heavy (non-hydrogen) atoms. The second-order valence-electron chi connectivity index (χ2n) is 3.97. The molecule has 0 atom stereocenters. The summed E-state index contributed by atoms with van der Waals surface area (Å²) in [7, 11) is 0. The Balaban J connectivity index is 2.43. The van der Waals surface area contributed by atoms with Gasteiger partial charge in [-0.1, -0.05) is 19.4 Å². The van der Waals surface area contributed by atoms with E-state index in [4.69, 9.17) is 5.73 Å². The summed E-state index contributed by atoms with van der Waals surface area (Å²) in [6.45, 7) is 4.06. The van der Waals surface area contributed by atoms with Crippen molar-refractivity contribution in [3.8, 4) is 0 Å². The van der Waals surface area contributed by atoms with Crippen molar-refractivity contribution >= 4 is 29.0 Å². The van der Waals surface area contributed by atoms with E-state index < -0.39 is 0 Å². The molecule has 0 spiro atoms. The number of hydrogen-bond donors (Lipinski definition) is 2. The predicted molar refractivity (Wildman–Crippen MR) is 76.5 cm³/mol. The summed E-state index contributed by atoms with van der Waals surface area (Å²) in [5, 5.41) is 2.89. The third kappa shape index (κ3) is 4.69. The van der Waals surface area contributed by atoms with Crippen molar-refractivity contribution in [1.29, 1.82) is 0 Å². The lowest BCUT2D eigenvalue weighted by molar-refractivity contribution is -0.113. The lowest BCUT2D eigenvalue weighted by Gasteiger charge is -2.09. The topological polar surface area (TPSA) is 55.1 Å². The first-order valence-electron chi connectivity index (χ1n) is 5.87. The average molecular weight is 252 g/mol. The van der Waals surface area contributed by atoms with Crippen LogP contribution in [0.5, 0.6) is 0 Å². The van der Waals surface area contributed by atoms with Crippen LogP contribution in [0.2, 0.25) is 0 Å². The maximum atomic E-state index is 11.7. The fourth-order valence-corrected chi connectivity index (χ4v) is 2.28. The summed E-state index contributed by atoms with van der Waals surface area (Å²) in [6.07, 6.45) is 2.33. The Labute approximate surface area is 107 Å². The van der Waals surface area contributed by atoms with Gasteiger partial charge in [0.25, 0.3) is 0 Å². The zero-order chi connectivity index (χ0) is 12.7. The first-order valence-corrected chi connectivity index (χ1v) is 7.03. The fraction of sp³-hybridized carbons (Fsp3) is 0.462. The third-order valence-corrected chi connectivity index (χ3v) is 3.57. The second kappa shape index (κ2) is 7.22. The number of thioether (sulfide) groups is 1. The molecule has 1 amide bonds. The highest BCUT2D eigenvalue weighted by atomic mass is 32.2. The van der Waals surface area contributed by atoms with Gasteiger partial charge in [-0.2, -0.15) is 11.8 Å². The quantitative estimate of drug-likeness (QED) is 0.604. The summed E-state index contributed by atoms with van der Waals surface area (Å²) in [4.78, 5) is 11.7. The van der Waals surface area contributed by atoms with Gasteiger partial charge < -0.3 is 11.1 Å². The van der Waals surface area contributed by atoms with Crippen molar-refractivity contribution in [2.45, 2.75) is 26.7 Å². The molecule has 0 saturated heterocycles. The van der Waals surface area contributed by atoms with Crippen molar-refractivity contribution in [2.75, 3.05) is 22.6 Å². The number of nitrogen functional groups attached to an aromatic ring is 1. The maximum absolute atomic E-state index is 11.7. The SMILES string of the molecule is CCCCSCC(=O)Nc1cccc(N)c1C. The van der Waals surface area contributed by atoms with Gasteiger partial charge in [-0.05, 0) is 36.8 Å².